The second kappa shape index (κ2) is 5.88. The molecule has 1 aromatic rings. The molecule has 1 aromatic carbocycles. The van der Waals surface area contributed by atoms with E-state index in [-0.39, 0.29) is 12.3 Å². The van der Waals surface area contributed by atoms with Gasteiger partial charge in [0.25, 0.3) is 0 Å². The number of aryl methyl sites for hydroxylation is 1. The van der Waals surface area contributed by atoms with Crippen molar-refractivity contribution in [2.45, 2.75) is 44.9 Å². The van der Waals surface area contributed by atoms with Gasteiger partial charge in [0.2, 0.25) is 5.91 Å². The van der Waals surface area contributed by atoms with E-state index in [2.05, 4.69) is 18.2 Å². The van der Waals surface area contributed by atoms with Crippen LogP contribution in [0, 0.1) is 5.92 Å². The highest BCUT2D eigenvalue weighted by Gasteiger charge is 2.36. The largest absolute Gasteiger partial charge is 0.481 e. The van der Waals surface area contributed by atoms with Crippen LogP contribution < -0.4 is 4.90 Å². The third-order valence-corrected chi connectivity index (χ3v) is 4.34. The first-order chi connectivity index (χ1) is 10.1. The highest BCUT2D eigenvalue weighted by molar-refractivity contribution is 5.98. The predicted molar refractivity (Wildman–Crippen MR) is 80.4 cm³/mol. The zero-order chi connectivity index (χ0) is 14.8. The number of fused-ring (bicyclic) bond motifs is 1. The number of carbonyl (C=O) groups excluding carboxylic acids is 1. The zero-order valence-corrected chi connectivity index (χ0v) is 12.2. The number of anilines is 1. The molecule has 1 N–H and O–H groups in total. The first-order valence-electron chi connectivity index (χ1n) is 7.80. The van der Waals surface area contributed by atoms with E-state index >= 15 is 0 Å². The SMILES string of the molecule is O=C(O)CCCCc1ccc2c(c1)CCN2C(=O)C1CC1. The van der Waals surface area contributed by atoms with Gasteiger partial charge in [0, 0.05) is 24.6 Å². The molecule has 0 spiro atoms. The Morgan fingerprint density at radius 1 is 1.24 bits per heavy atom. The average Bonchev–Trinajstić information content (AvgIpc) is 3.22. The van der Waals surface area contributed by atoms with Crippen molar-refractivity contribution in [3.05, 3.63) is 29.3 Å². The summed E-state index contributed by atoms with van der Waals surface area (Å²) in [6.45, 7) is 0.813. The molecule has 0 saturated heterocycles. The molecule has 4 heteroatoms. The topological polar surface area (TPSA) is 57.6 Å². The van der Waals surface area contributed by atoms with Gasteiger partial charge in [-0.3, -0.25) is 9.59 Å². The summed E-state index contributed by atoms with van der Waals surface area (Å²) in [5.41, 5.74) is 3.60. The molecule has 0 radical (unpaired) electrons. The van der Waals surface area contributed by atoms with Gasteiger partial charge in [-0.05, 0) is 55.7 Å². The van der Waals surface area contributed by atoms with Crippen molar-refractivity contribution in [3.63, 3.8) is 0 Å². The third kappa shape index (κ3) is 3.26. The van der Waals surface area contributed by atoms with Gasteiger partial charge < -0.3 is 10.0 Å². The van der Waals surface area contributed by atoms with Crippen LogP contribution in [-0.4, -0.2) is 23.5 Å². The smallest absolute Gasteiger partial charge is 0.303 e. The number of hydrogen-bond acceptors (Lipinski definition) is 2. The second-order valence-electron chi connectivity index (χ2n) is 6.08. The van der Waals surface area contributed by atoms with Crippen molar-refractivity contribution < 1.29 is 14.7 Å². The van der Waals surface area contributed by atoms with E-state index in [0.717, 1.165) is 50.8 Å². The van der Waals surface area contributed by atoms with Crippen LogP contribution in [0.3, 0.4) is 0 Å². The molecule has 0 aromatic heterocycles. The van der Waals surface area contributed by atoms with E-state index in [1.165, 1.54) is 11.1 Å². The summed E-state index contributed by atoms with van der Waals surface area (Å²) < 4.78 is 0. The molecule has 4 nitrogen and oxygen atoms in total. The van der Waals surface area contributed by atoms with Gasteiger partial charge >= 0.3 is 5.97 Å². The predicted octanol–water partition coefficient (Wildman–Crippen LogP) is 2.78. The molecule has 0 unspecified atom stereocenters. The summed E-state index contributed by atoms with van der Waals surface area (Å²) in [7, 11) is 0. The maximum Gasteiger partial charge on any atom is 0.303 e. The number of unbranched alkanes of at least 4 members (excludes halogenated alkanes) is 1. The Morgan fingerprint density at radius 2 is 2.05 bits per heavy atom. The number of carbonyl (C=O) groups is 2. The van der Waals surface area contributed by atoms with Crippen molar-refractivity contribution in [1.82, 2.24) is 0 Å². The van der Waals surface area contributed by atoms with Crippen LogP contribution in [0.25, 0.3) is 0 Å². The minimum Gasteiger partial charge on any atom is -0.481 e. The fraction of sp³-hybridized carbons (Fsp3) is 0.529. The first kappa shape index (κ1) is 14.1. The van der Waals surface area contributed by atoms with Crippen molar-refractivity contribution in [3.8, 4) is 0 Å². The van der Waals surface area contributed by atoms with Crippen molar-refractivity contribution in [2.24, 2.45) is 5.92 Å². The number of rotatable bonds is 6. The van der Waals surface area contributed by atoms with Crippen LogP contribution in [0.15, 0.2) is 18.2 Å². The van der Waals surface area contributed by atoms with E-state index in [1.54, 1.807) is 0 Å². The van der Waals surface area contributed by atoms with Crippen LogP contribution in [0.1, 0.15) is 43.2 Å². The van der Waals surface area contributed by atoms with E-state index in [9.17, 15) is 9.59 Å². The lowest BCUT2D eigenvalue weighted by molar-refractivity contribution is -0.137. The van der Waals surface area contributed by atoms with Crippen LogP contribution in [-0.2, 0) is 22.4 Å². The number of aliphatic carboxylic acids is 1. The van der Waals surface area contributed by atoms with Gasteiger partial charge in [-0.25, -0.2) is 0 Å². The maximum absolute atomic E-state index is 12.2. The molecular weight excluding hydrogens is 266 g/mol. The summed E-state index contributed by atoms with van der Waals surface area (Å²) in [5.74, 6) is -0.159. The van der Waals surface area contributed by atoms with Crippen LogP contribution in [0.4, 0.5) is 5.69 Å². The number of benzene rings is 1. The van der Waals surface area contributed by atoms with Gasteiger partial charge in [-0.1, -0.05) is 12.1 Å². The lowest BCUT2D eigenvalue weighted by Crippen LogP contribution is -2.30. The fourth-order valence-corrected chi connectivity index (χ4v) is 3.00. The van der Waals surface area contributed by atoms with E-state index in [1.807, 2.05) is 4.90 Å². The fourth-order valence-electron chi connectivity index (χ4n) is 3.00. The Labute approximate surface area is 124 Å². The van der Waals surface area contributed by atoms with Gasteiger partial charge in [-0.2, -0.15) is 0 Å². The number of carboxylic acids is 1. The highest BCUT2D eigenvalue weighted by atomic mass is 16.4. The van der Waals surface area contributed by atoms with Crippen molar-refractivity contribution >= 4 is 17.6 Å². The summed E-state index contributed by atoms with van der Waals surface area (Å²) in [6.07, 6.45) is 5.82. The van der Waals surface area contributed by atoms with Gasteiger partial charge in [0.1, 0.15) is 0 Å². The Kier molecular flexibility index (Phi) is 3.95. The van der Waals surface area contributed by atoms with Crippen LogP contribution in [0.2, 0.25) is 0 Å². The van der Waals surface area contributed by atoms with Gasteiger partial charge in [-0.15, -0.1) is 0 Å². The number of hydrogen-bond donors (Lipinski definition) is 1. The normalized spacial score (nSPS) is 16.9. The maximum atomic E-state index is 12.2. The molecule has 1 aliphatic heterocycles. The number of nitrogens with zero attached hydrogens (tertiary/aromatic N) is 1. The molecule has 21 heavy (non-hydrogen) atoms. The Morgan fingerprint density at radius 3 is 2.76 bits per heavy atom. The molecule has 1 amide bonds. The zero-order valence-electron chi connectivity index (χ0n) is 12.2. The standard InChI is InChI=1S/C17H21NO3/c19-16(20)4-2-1-3-12-5-8-15-14(11-12)9-10-18(15)17(21)13-6-7-13/h5,8,11,13H,1-4,6-7,9-10H2,(H,19,20). The van der Waals surface area contributed by atoms with E-state index in [0.29, 0.717) is 5.91 Å². The minimum absolute atomic E-state index is 0.245. The molecule has 1 saturated carbocycles. The molecular formula is C17H21NO3. The highest BCUT2D eigenvalue weighted by Crippen LogP contribution is 2.36. The summed E-state index contributed by atoms with van der Waals surface area (Å²) >= 11 is 0. The van der Waals surface area contributed by atoms with Gasteiger partial charge in [0.15, 0.2) is 0 Å². The average molecular weight is 287 g/mol. The molecule has 1 aliphatic carbocycles. The lowest BCUT2D eigenvalue weighted by Gasteiger charge is -2.17. The molecule has 1 fully saturated rings. The van der Waals surface area contributed by atoms with E-state index < -0.39 is 5.97 Å². The number of amides is 1. The molecule has 2 aliphatic rings. The lowest BCUT2D eigenvalue weighted by atomic mass is 10.0. The molecule has 0 atom stereocenters. The van der Waals surface area contributed by atoms with Crippen molar-refractivity contribution in [1.29, 1.82) is 0 Å². The van der Waals surface area contributed by atoms with Crippen LogP contribution >= 0.6 is 0 Å². The second-order valence-corrected chi connectivity index (χ2v) is 6.08. The molecule has 112 valence electrons. The van der Waals surface area contributed by atoms with Crippen LogP contribution in [0.5, 0.6) is 0 Å². The minimum atomic E-state index is -0.724. The third-order valence-electron chi connectivity index (χ3n) is 4.34. The Bertz CT molecular complexity index is 563. The molecule has 1 heterocycles. The summed E-state index contributed by atoms with van der Waals surface area (Å²) in [4.78, 5) is 24.6. The Balaban J connectivity index is 1.60. The van der Waals surface area contributed by atoms with E-state index in [4.69, 9.17) is 5.11 Å². The van der Waals surface area contributed by atoms with Crippen molar-refractivity contribution in [2.75, 3.05) is 11.4 Å². The quantitative estimate of drug-likeness (QED) is 0.818. The summed E-state index contributed by atoms with van der Waals surface area (Å²) in [6, 6.07) is 6.34. The molecule has 3 rings (SSSR count). The summed E-state index contributed by atoms with van der Waals surface area (Å²) in [5, 5.41) is 8.63. The molecule has 0 bridgehead atoms. The van der Waals surface area contributed by atoms with Gasteiger partial charge in [0.05, 0.1) is 0 Å². The first-order valence-corrected chi connectivity index (χ1v) is 7.80. The monoisotopic (exact) mass is 287 g/mol. The Hall–Kier alpha value is -1.84. The number of carboxylic acid groups (broad SMARTS) is 1.